The zero-order valence-corrected chi connectivity index (χ0v) is 9.98. The summed E-state index contributed by atoms with van der Waals surface area (Å²) in [6.07, 6.45) is 0.759. The third-order valence-corrected chi connectivity index (χ3v) is 2.90. The Balaban J connectivity index is 2.55. The molecule has 0 heterocycles. The number of phenolic OH excluding ortho intramolecular Hbond substituents is 1. The molecule has 3 N–H and O–H groups in total. The molecule has 0 radical (unpaired) electrons. The summed E-state index contributed by atoms with van der Waals surface area (Å²) >= 11 is 0. The van der Waals surface area contributed by atoms with Gasteiger partial charge in [-0.3, -0.25) is 0 Å². The maximum absolute atomic E-state index is 9.80. The first-order valence-electron chi connectivity index (χ1n) is 5.70. The zero-order chi connectivity index (χ0) is 12.4. The predicted octanol–water partition coefficient (Wildman–Crippen LogP) is 3.51. The third kappa shape index (κ3) is 2.32. The molecule has 0 spiro atoms. The maximum Gasteiger partial charge on any atom is 0.123 e. The van der Waals surface area contributed by atoms with E-state index in [0.29, 0.717) is 5.75 Å². The van der Waals surface area contributed by atoms with Crippen LogP contribution in [0.3, 0.4) is 0 Å². The van der Waals surface area contributed by atoms with E-state index in [4.69, 9.17) is 5.73 Å². The van der Waals surface area contributed by atoms with Crippen LogP contribution in [0.15, 0.2) is 48.6 Å². The molecular weight excluding hydrogens is 210 g/mol. The van der Waals surface area contributed by atoms with E-state index in [1.807, 2.05) is 37.3 Å². The summed E-state index contributed by atoms with van der Waals surface area (Å²) in [4.78, 5) is 0. The number of benzene rings is 2. The molecule has 0 aliphatic heterocycles. The highest BCUT2D eigenvalue weighted by molar-refractivity contribution is 5.91. The molecule has 0 aliphatic rings. The minimum atomic E-state index is -0.0713. The van der Waals surface area contributed by atoms with Gasteiger partial charge in [0.05, 0.1) is 0 Å². The summed E-state index contributed by atoms with van der Waals surface area (Å²) in [5.41, 5.74) is 8.29. The molecule has 0 saturated carbocycles. The monoisotopic (exact) mass is 227 g/mol. The smallest absolute Gasteiger partial charge is 0.123 e. The van der Waals surface area contributed by atoms with Gasteiger partial charge < -0.3 is 10.8 Å². The van der Waals surface area contributed by atoms with Gasteiger partial charge in [-0.15, -0.1) is 6.58 Å². The molecule has 2 nitrogen and oxygen atoms in total. The van der Waals surface area contributed by atoms with Crippen molar-refractivity contribution < 1.29 is 5.11 Å². The molecule has 0 aliphatic carbocycles. The second-order valence-corrected chi connectivity index (χ2v) is 4.49. The number of nitrogens with two attached hydrogens (primary N) is 1. The normalized spacial score (nSPS) is 12.6. The summed E-state index contributed by atoms with van der Waals surface area (Å²) in [5.74, 6) is 0.298. The average Bonchev–Trinajstić information content (AvgIpc) is 2.29. The van der Waals surface area contributed by atoms with Crippen molar-refractivity contribution in [3.63, 3.8) is 0 Å². The van der Waals surface area contributed by atoms with Crippen molar-refractivity contribution in [1.29, 1.82) is 0 Å². The van der Waals surface area contributed by atoms with Crippen LogP contribution in [-0.4, -0.2) is 5.11 Å². The Bertz CT molecular complexity index is 560. The first-order chi connectivity index (χ1) is 8.09. The summed E-state index contributed by atoms with van der Waals surface area (Å²) < 4.78 is 0. The molecule has 0 unspecified atom stereocenters. The van der Waals surface area contributed by atoms with Crippen molar-refractivity contribution in [2.24, 2.45) is 5.73 Å². The van der Waals surface area contributed by atoms with Gasteiger partial charge in [-0.25, -0.2) is 0 Å². The third-order valence-electron chi connectivity index (χ3n) is 2.90. The van der Waals surface area contributed by atoms with Crippen LogP contribution in [0.25, 0.3) is 10.8 Å². The Labute approximate surface area is 101 Å². The lowest BCUT2D eigenvalue weighted by Gasteiger charge is -2.15. The van der Waals surface area contributed by atoms with Gasteiger partial charge >= 0.3 is 0 Å². The minimum Gasteiger partial charge on any atom is -0.507 e. The van der Waals surface area contributed by atoms with Crippen LogP contribution in [0.5, 0.6) is 5.75 Å². The second kappa shape index (κ2) is 4.60. The van der Waals surface area contributed by atoms with E-state index < -0.39 is 0 Å². The fraction of sp³-hybridized carbons (Fsp3) is 0.200. The van der Waals surface area contributed by atoms with Crippen LogP contribution in [0.4, 0.5) is 0 Å². The molecule has 2 aromatic rings. The first-order valence-corrected chi connectivity index (χ1v) is 5.70. The van der Waals surface area contributed by atoms with Gasteiger partial charge in [-0.05, 0) is 30.4 Å². The van der Waals surface area contributed by atoms with E-state index in [1.54, 1.807) is 6.07 Å². The predicted molar refractivity (Wildman–Crippen MR) is 72.0 cm³/mol. The second-order valence-electron chi connectivity index (χ2n) is 4.49. The van der Waals surface area contributed by atoms with Crippen LogP contribution in [0, 0.1) is 0 Å². The standard InChI is InChI=1S/C15H17NO/c1-10(2)9-14(16)12-7-8-15(17)13-6-4-3-5-11(12)13/h3-8,14,17H,1,9,16H2,2H3/t14-/m1/s1. The molecule has 0 aromatic heterocycles. The van der Waals surface area contributed by atoms with Crippen LogP contribution in [0.2, 0.25) is 0 Å². The van der Waals surface area contributed by atoms with Crippen molar-refractivity contribution in [3.05, 3.63) is 54.1 Å². The van der Waals surface area contributed by atoms with Gasteiger partial charge in [-0.2, -0.15) is 0 Å². The Hall–Kier alpha value is -1.80. The fourth-order valence-electron chi connectivity index (χ4n) is 2.12. The van der Waals surface area contributed by atoms with Gasteiger partial charge in [0.2, 0.25) is 0 Å². The number of fused-ring (bicyclic) bond motifs is 1. The van der Waals surface area contributed by atoms with Crippen molar-refractivity contribution in [3.8, 4) is 5.75 Å². The highest BCUT2D eigenvalue weighted by Gasteiger charge is 2.11. The molecule has 0 fully saturated rings. The highest BCUT2D eigenvalue weighted by Crippen LogP contribution is 2.31. The average molecular weight is 227 g/mol. The van der Waals surface area contributed by atoms with E-state index in [0.717, 1.165) is 28.3 Å². The summed E-state index contributed by atoms with van der Waals surface area (Å²) in [6, 6.07) is 11.3. The van der Waals surface area contributed by atoms with Crippen LogP contribution in [0.1, 0.15) is 24.9 Å². The lowest BCUT2D eigenvalue weighted by molar-refractivity contribution is 0.481. The summed E-state index contributed by atoms with van der Waals surface area (Å²) in [6.45, 7) is 5.86. The molecule has 0 bridgehead atoms. The number of phenols is 1. The van der Waals surface area contributed by atoms with E-state index in [1.165, 1.54) is 0 Å². The zero-order valence-electron chi connectivity index (χ0n) is 9.98. The van der Waals surface area contributed by atoms with Crippen molar-refractivity contribution in [1.82, 2.24) is 0 Å². The Morgan fingerprint density at radius 2 is 1.88 bits per heavy atom. The summed E-state index contributed by atoms with van der Waals surface area (Å²) in [5, 5.41) is 11.7. The molecule has 2 rings (SSSR count). The lowest BCUT2D eigenvalue weighted by Crippen LogP contribution is -2.10. The van der Waals surface area contributed by atoms with Gasteiger partial charge in [0.1, 0.15) is 5.75 Å². The van der Waals surface area contributed by atoms with E-state index in [9.17, 15) is 5.11 Å². The Morgan fingerprint density at radius 1 is 1.24 bits per heavy atom. The van der Waals surface area contributed by atoms with Gasteiger partial charge in [-0.1, -0.05) is 35.9 Å². The topological polar surface area (TPSA) is 46.2 Å². The molecule has 17 heavy (non-hydrogen) atoms. The Kier molecular flexibility index (Phi) is 3.16. The molecule has 1 atom stereocenters. The number of rotatable bonds is 3. The van der Waals surface area contributed by atoms with Crippen LogP contribution < -0.4 is 5.73 Å². The lowest BCUT2D eigenvalue weighted by atomic mass is 9.95. The molecule has 0 amide bonds. The van der Waals surface area contributed by atoms with Gasteiger partial charge in [0.25, 0.3) is 0 Å². The maximum atomic E-state index is 9.80. The summed E-state index contributed by atoms with van der Waals surface area (Å²) in [7, 11) is 0. The molecular formula is C15H17NO. The largest absolute Gasteiger partial charge is 0.507 e. The van der Waals surface area contributed by atoms with Crippen LogP contribution >= 0.6 is 0 Å². The molecule has 2 heteroatoms. The van der Waals surface area contributed by atoms with Crippen LogP contribution in [-0.2, 0) is 0 Å². The Morgan fingerprint density at radius 3 is 2.53 bits per heavy atom. The number of hydrogen-bond donors (Lipinski definition) is 2. The quantitative estimate of drug-likeness (QED) is 0.788. The number of hydrogen-bond acceptors (Lipinski definition) is 2. The van der Waals surface area contributed by atoms with Crippen molar-refractivity contribution >= 4 is 10.8 Å². The molecule has 0 saturated heterocycles. The highest BCUT2D eigenvalue weighted by atomic mass is 16.3. The molecule has 2 aromatic carbocycles. The van der Waals surface area contributed by atoms with E-state index in [-0.39, 0.29) is 6.04 Å². The van der Waals surface area contributed by atoms with Crippen molar-refractivity contribution in [2.45, 2.75) is 19.4 Å². The van der Waals surface area contributed by atoms with Crippen molar-refractivity contribution in [2.75, 3.05) is 0 Å². The minimum absolute atomic E-state index is 0.0713. The molecule has 88 valence electrons. The van der Waals surface area contributed by atoms with E-state index >= 15 is 0 Å². The van der Waals surface area contributed by atoms with Gasteiger partial charge in [0.15, 0.2) is 0 Å². The SMILES string of the molecule is C=C(C)C[C@@H](N)c1ccc(O)c2ccccc12. The van der Waals surface area contributed by atoms with E-state index in [2.05, 4.69) is 6.58 Å². The first kappa shape index (κ1) is 11.7. The number of aromatic hydroxyl groups is 1. The van der Waals surface area contributed by atoms with Gasteiger partial charge in [0, 0.05) is 11.4 Å². The fourth-order valence-corrected chi connectivity index (χ4v) is 2.12.